The SMILES string of the molecule is CCN(CC)c1ccc(-c2nc3cc(C(CC(N)=O)NCc4ccc5[nH]ccc5c4)ccc3n2CCc2ccc(OC)cc2)cc1. The number of nitrogens with one attached hydrogen (secondary N) is 2. The summed E-state index contributed by atoms with van der Waals surface area (Å²) >= 11 is 0. The van der Waals surface area contributed by atoms with Crippen molar-refractivity contribution in [2.45, 2.75) is 45.8 Å². The number of nitrogens with two attached hydrogens (primary N) is 1. The van der Waals surface area contributed by atoms with Crippen LogP contribution in [0, 0.1) is 0 Å². The zero-order valence-electron chi connectivity index (χ0n) is 26.8. The van der Waals surface area contributed by atoms with Crippen molar-refractivity contribution in [3.05, 3.63) is 114 Å². The van der Waals surface area contributed by atoms with Crippen LogP contribution in [0.15, 0.2) is 97.2 Å². The van der Waals surface area contributed by atoms with Crippen molar-refractivity contribution in [3.63, 3.8) is 0 Å². The molecule has 1 amide bonds. The average Bonchev–Trinajstić information content (AvgIpc) is 3.70. The van der Waals surface area contributed by atoms with Gasteiger partial charge in [0, 0.05) is 61.6 Å². The summed E-state index contributed by atoms with van der Waals surface area (Å²) in [5, 5.41) is 4.74. The number of amides is 1. The van der Waals surface area contributed by atoms with E-state index in [4.69, 9.17) is 15.5 Å². The third-order valence-electron chi connectivity index (χ3n) is 8.79. The molecular weight excluding hydrogens is 572 g/mol. The van der Waals surface area contributed by atoms with Crippen LogP contribution >= 0.6 is 0 Å². The van der Waals surface area contributed by atoms with Gasteiger partial charge in [-0.25, -0.2) is 4.98 Å². The van der Waals surface area contributed by atoms with Crippen molar-refractivity contribution in [2.75, 3.05) is 25.1 Å². The Labute approximate surface area is 270 Å². The Balaban J connectivity index is 1.33. The molecule has 1 atom stereocenters. The maximum absolute atomic E-state index is 12.2. The first kappa shape index (κ1) is 30.9. The number of carbonyl (C=O) groups is 1. The molecule has 8 nitrogen and oxygen atoms in total. The summed E-state index contributed by atoms with van der Waals surface area (Å²) in [7, 11) is 1.69. The fraction of sp³-hybridized carbons (Fsp3) is 0.263. The Kier molecular flexibility index (Phi) is 9.36. The minimum Gasteiger partial charge on any atom is -0.497 e. The monoisotopic (exact) mass is 614 g/mol. The van der Waals surface area contributed by atoms with E-state index in [0.29, 0.717) is 6.54 Å². The third kappa shape index (κ3) is 6.77. The van der Waals surface area contributed by atoms with Crippen LogP contribution in [-0.2, 0) is 24.3 Å². The normalized spacial score (nSPS) is 12.1. The number of H-pyrrole nitrogens is 1. The van der Waals surface area contributed by atoms with Crippen LogP contribution in [0.4, 0.5) is 5.69 Å². The highest BCUT2D eigenvalue weighted by Gasteiger charge is 2.19. The number of hydrogen-bond acceptors (Lipinski definition) is 5. The number of imidazole rings is 1. The number of anilines is 1. The van der Waals surface area contributed by atoms with Gasteiger partial charge in [0.1, 0.15) is 11.6 Å². The van der Waals surface area contributed by atoms with Gasteiger partial charge in [-0.2, -0.15) is 0 Å². The summed E-state index contributed by atoms with van der Waals surface area (Å²) in [4.78, 5) is 22.9. The van der Waals surface area contributed by atoms with Crippen LogP contribution in [0.25, 0.3) is 33.3 Å². The Morgan fingerprint density at radius 3 is 2.43 bits per heavy atom. The average molecular weight is 615 g/mol. The van der Waals surface area contributed by atoms with Gasteiger partial charge in [-0.1, -0.05) is 24.3 Å². The molecule has 0 aliphatic heterocycles. The molecule has 0 fully saturated rings. The van der Waals surface area contributed by atoms with E-state index in [9.17, 15) is 4.79 Å². The fourth-order valence-corrected chi connectivity index (χ4v) is 6.22. The van der Waals surface area contributed by atoms with E-state index >= 15 is 0 Å². The summed E-state index contributed by atoms with van der Waals surface area (Å²) in [5.41, 5.74) is 14.4. The molecule has 0 aliphatic rings. The van der Waals surface area contributed by atoms with Crippen LogP contribution in [-0.4, -0.2) is 40.6 Å². The summed E-state index contributed by atoms with van der Waals surface area (Å²) in [6.45, 7) is 7.64. The van der Waals surface area contributed by atoms with Gasteiger partial charge in [0.05, 0.1) is 18.1 Å². The maximum Gasteiger partial charge on any atom is 0.219 e. The van der Waals surface area contributed by atoms with Gasteiger partial charge in [0.25, 0.3) is 0 Å². The molecule has 6 rings (SSSR count). The van der Waals surface area contributed by atoms with Crippen molar-refractivity contribution < 1.29 is 9.53 Å². The molecule has 0 saturated carbocycles. The van der Waals surface area contributed by atoms with Gasteiger partial charge < -0.3 is 30.2 Å². The first-order valence-electron chi connectivity index (χ1n) is 16.0. The molecule has 2 aromatic heterocycles. The van der Waals surface area contributed by atoms with Gasteiger partial charge >= 0.3 is 0 Å². The minimum atomic E-state index is -0.349. The highest BCUT2D eigenvalue weighted by Crippen LogP contribution is 2.30. The number of rotatable bonds is 14. The summed E-state index contributed by atoms with van der Waals surface area (Å²) in [6.07, 6.45) is 2.98. The van der Waals surface area contributed by atoms with E-state index in [1.54, 1.807) is 7.11 Å². The van der Waals surface area contributed by atoms with Crippen LogP contribution < -0.4 is 20.7 Å². The smallest absolute Gasteiger partial charge is 0.219 e. The Bertz CT molecular complexity index is 1920. The number of nitrogens with zero attached hydrogens (tertiary/aromatic N) is 3. The molecule has 0 saturated heterocycles. The van der Waals surface area contributed by atoms with Crippen LogP contribution in [0.5, 0.6) is 5.75 Å². The highest BCUT2D eigenvalue weighted by atomic mass is 16.5. The molecule has 1 unspecified atom stereocenters. The van der Waals surface area contributed by atoms with Gasteiger partial charge in [-0.05, 0) is 109 Å². The zero-order valence-corrected chi connectivity index (χ0v) is 26.8. The number of ether oxygens (including phenoxy) is 1. The van der Waals surface area contributed by atoms with Crippen LogP contribution in [0.3, 0.4) is 0 Å². The van der Waals surface area contributed by atoms with Crippen molar-refractivity contribution >= 4 is 33.5 Å². The lowest BCUT2D eigenvalue weighted by atomic mass is 10.0. The van der Waals surface area contributed by atoms with Crippen LogP contribution in [0.1, 0.15) is 43.0 Å². The quantitative estimate of drug-likeness (QED) is 0.123. The molecular formula is C38H42N6O2. The van der Waals surface area contributed by atoms with Crippen molar-refractivity contribution in [2.24, 2.45) is 5.73 Å². The second-order valence-corrected chi connectivity index (χ2v) is 11.7. The van der Waals surface area contributed by atoms with Crippen molar-refractivity contribution in [3.8, 4) is 17.1 Å². The van der Waals surface area contributed by atoms with E-state index < -0.39 is 0 Å². The number of methoxy groups -OCH3 is 1. The van der Waals surface area contributed by atoms with Gasteiger partial charge in [-0.3, -0.25) is 4.79 Å². The van der Waals surface area contributed by atoms with Gasteiger partial charge in [0.2, 0.25) is 5.91 Å². The molecule has 0 bridgehead atoms. The predicted octanol–water partition coefficient (Wildman–Crippen LogP) is 6.99. The Hall–Kier alpha value is -5.08. The zero-order chi connectivity index (χ0) is 32.0. The van der Waals surface area contributed by atoms with Gasteiger partial charge in [-0.15, -0.1) is 0 Å². The number of aromatic amines is 1. The van der Waals surface area contributed by atoms with Crippen LogP contribution in [0.2, 0.25) is 0 Å². The van der Waals surface area contributed by atoms with E-state index in [1.165, 1.54) is 11.3 Å². The first-order valence-corrected chi connectivity index (χ1v) is 16.0. The lowest BCUT2D eigenvalue weighted by Crippen LogP contribution is -2.26. The summed E-state index contributed by atoms with van der Waals surface area (Å²) in [6, 6.07) is 31.4. The largest absolute Gasteiger partial charge is 0.497 e. The topological polar surface area (TPSA) is 101 Å². The molecule has 4 N–H and O–H groups in total. The number of aryl methyl sites for hydroxylation is 2. The Morgan fingerprint density at radius 1 is 0.957 bits per heavy atom. The summed E-state index contributed by atoms with van der Waals surface area (Å²) < 4.78 is 7.66. The second kappa shape index (κ2) is 13.9. The highest BCUT2D eigenvalue weighted by molar-refractivity contribution is 5.82. The molecule has 236 valence electrons. The molecule has 4 aromatic carbocycles. The molecule has 6 aromatic rings. The lowest BCUT2D eigenvalue weighted by molar-refractivity contribution is -0.118. The molecule has 0 aliphatic carbocycles. The lowest BCUT2D eigenvalue weighted by Gasteiger charge is -2.21. The first-order chi connectivity index (χ1) is 22.4. The molecule has 8 heteroatoms. The predicted molar refractivity (Wildman–Crippen MR) is 187 cm³/mol. The van der Waals surface area contributed by atoms with E-state index in [1.807, 2.05) is 18.3 Å². The number of hydrogen-bond donors (Lipinski definition) is 3. The Morgan fingerprint density at radius 2 is 1.72 bits per heavy atom. The van der Waals surface area contributed by atoms with Gasteiger partial charge in [0.15, 0.2) is 0 Å². The standard InChI is InChI=1S/C38H42N6O2/c1-4-43(5-2)31-12-9-28(10-13-31)38-42-35-23-29(11-17-36(35)44(38)21-19-26-6-14-32(46-3)15-7-26)34(24-37(39)45)41-25-27-8-16-33-30(22-27)18-20-40-33/h6-18,20,22-23,34,40-41H,4-5,19,21,24-25H2,1-3H3,(H2,39,45). The molecule has 46 heavy (non-hydrogen) atoms. The van der Waals surface area contributed by atoms with E-state index in [-0.39, 0.29) is 18.4 Å². The number of aromatic nitrogens is 3. The minimum absolute atomic E-state index is 0.190. The fourth-order valence-electron chi connectivity index (χ4n) is 6.22. The number of primary amides is 1. The van der Waals surface area contributed by atoms with E-state index in [2.05, 4.69) is 112 Å². The second-order valence-electron chi connectivity index (χ2n) is 11.7. The molecule has 2 heterocycles. The molecule has 0 spiro atoms. The molecule has 0 radical (unpaired) electrons. The van der Waals surface area contributed by atoms with Crippen molar-refractivity contribution in [1.82, 2.24) is 19.9 Å². The number of carbonyl (C=O) groups excluding carboxylic acids is 1. The number of fused-ring (bicyclic) bond motifs is 2. The maximum atomic E-state index is 12.2. The number of benzene rings is 4. The third-order valence-corrected chi connectivity index (χ3v) is 8.79. The summed E-state index contributed by atoms with van der Waals surface area (Å²) in [5.74, 6) is 1.42. The van der Waals surface area contributed by atoms with Crippen molar-refractivity contribution in [1.29, 1.82) is 0 Å². The van der Waals surface area contributed by atoms with E-state index in [0.717, 1.165) is 76.3 Å².